The van der Waals surface area contributed by atoms with Gasteiger partial charge in [0.1, 0.15) is 5.82 Å². The summed E-state index contributed by atoms with van der Waals surface area (Å²) in [5.41, 5.74) is 6.75. The van der Waals surface area contributed by atoms with Gasteiger partial charge < -0.3 is 11.1 Å². The molecule has 0 heterocycles. The molecule has 0 aliphatic heterocycles. The summed E-state index contributed by atoms with van der Waals surface area (Å²) in [6, 6.07) is 6.88. The molecule has 1 aromatic carbocycles. The highest BCUT2D eigenvalue weighted by atomic mass is 19.1. The third-order valence-electron chi connectivity index (χ3n) is 2.35. The topological polar surface area (TPSA) is 38.0 Å². The van der Waals surface area contributed by atoms with E-state index in [1.807, 2.05) is 20.0 Å². The molecule has 2 unspecified atom stereocenters. The summed E-state index contributed by atoms with van der Waals surface area (Å²) in [5, 5.41) is 3.12. The summed E-state index contributed by atoms with van der Waals surface area (Å²) in [6.07, 6.45) is 0.756. The normalized spacial score (nSPS) is 15.1. The van der Waals surface area contributed by atoms with Gasteiger partial charge in [0.2, 0.25) is 0 Å². The third kappa shape index (κ3) is 3.09. The number of likely N-dealkylation sites (N-methyl/N-ethyl adjacent to an activating group) is 1. The Morgan fingerprint density at radius 3 is 2.71 bits per heavy atom. The van der Waals surface area contributed by atoms with Gasteiger partial charge in [-0.3, -0.25) is 0 Å². The molecule has 0 amide bonds. The minimum Gasteiger partial charge on any atom is -0.327 e. The van der Waals surface area contributed by atoms with Gasteiger partial charge in [-0.1, -0.05) is 12.1 Å². The Morgan fingerprint density at radius 1 is 1.50 bits per heavy atom. The van der Waals surface area contributed by atoms with Crippen molar-refractivity contribution >= 4 is 0 Å². The molecule has 0 aliphatic carbocycles. The van der Waals surface area contributed by atoms with Crippen molar-refractivity contribution in [1.29, 1.82) is 0 Å². The number of nitrogens with two attached hydrogens (primary N) is 1. The van der Waals surface area contributed by atoms with Crippen molar-refractivity contribution < 1.29 is 4.39 Å². The van der Waals surface area contributed by atoms with E-state index in [1.165, 1.54) is 6.07 Å². The third-order valence-corrected chi connectivity index (χ3v) is 2.35. The molecule has 0 radical (unpaired) electrons. The van der Waals surface area contributed by atoms with Crippen LogP contribution in [-0.4, -0.2) is 19.1 Å². The zero-order valence-electron chi connectivity index (χ0n) is 8.63. The zero-order valence-corrected chi connectivity index (χ0v) is 8.63. The number of rotatable bonds is 4. The molecule has 78 valence electrons. The molecule has 2 nitrogen and oxygen atoms in total. The van der Waals surface area contributed by atoms with Crippen LogP contribution in [0, 0.1) is 5.82 Å². The van der Waals surface area contributed by atoms with E-state index in [0.29, 0.717) is 0 Å². The zero-order chi connectivity index (χ0) is 10.6. The number of hydrogen-bond donors (Lipinski definition) is 2. The van der Waals surface area contributed by atoms with Gasteiger partial charge in [-0.05, 0) is 38.1 Å². The lowest BCUT2D eigenvalue weighted by atomic mass is 10.0. The molecule has 3 heteroatoms. The van der Waals surface area contributed by atoms with Crippen LogP contribution in [0.2, 0.25) is 0 Å². The van der Waals surface area contributed by atoms with Crippen molar-refractivity contribution in [2.75, 3.05) is 7.05 Å². The smallest absolute Gasteiger partial charge is 0.123 e. The van der Waals surface area contributed by atoms with Crippen LogP contribution >= 0.6 is 0 Å². The van der Waals surface area contributed by atoms with Crippen LogP contribution in [0.3, 0.4) is 0 Å². The molecule has 0 fully saturated rings. The van der Waals surface area contributed by atoms with E-state index >= 15 is 0 Å². The largest absolute Gasteiger partial charge is 0.327 e. The summed E-state index contributed by atoms with van der Waals surface area (Å²) >= 11 is 0. The number of nitrogens with one attached hydrogen (secondary N) is 1. The van der Waals surface area contributed by atoms with Gasteiger partial charge >= 0.3 is 0 Å². The highest BCUT2D eigenvalue weighted by Crippen LogP contribution is 2.07. The lowest BCUT2D eigenvalue weighted by Gasteiger charge is -2.19. The molecule has 3 N–H and O–H groups in total. The Kier molecular flexibility index (Phi) is 4.04. The Morgan fingerprint density at radius 2 is 2.21 bits per heavy atom. The van der Waals surface area contributed by atoms with Crippen LogP contribution < -0.4 is 11.1 Å². The molecular weight excluding hydrogens is 179 g/mol. The highest BCUT2D eigenvalue weighted by Gasteiger charge is 2.11. The molecule has 0 aliphatic rings. The van der Waals surface area contributed by atoms with E-state index in [-0.39, 0.29) is 17.9 Å². The van der Waals surface area contributed by atoms with E-state index < -0.39 is 0 Å². The second-order valence-electron chi connectivity index (χ2n) is 3.59. The van der Waals surface area contributed by atoms with Gasteiger partial charge in [-0.15, -0.1) is 0 Å². The van der Waals surface area contributed by atoms with Gasteiger partial charge in [0.05, 0.1) is 0 Å². The first-order chi connectivity index (χ1) is 6.63. The van der Waals surface area contributed by atoms with Crippen molar-refractivity contribution in [3.8, 4) is 0 Å². The standard InChI is InChI=1S/C11H17FN2/c1-8(13)11(14-2)7-9-4-3-5-10(12)6-9/h3-6,8,11,14H,7,13H2,1-2H3. The number of hydrogen-bond acceptors (Lipinski definition) is 2. The Bertz CT molecular complexity index is 286. The van der Waals surface area contributed by atoms with E-state index in [0.717, 1.165) is 12.0 Å². The fourth-order valence-corrected chi connectivity index (χ4v) is 1.47. The first kappa shape index (κ1) is 11.1. The summed E-state index contributed by atoms with van der Waals surface area (Å²) in [5.74, 6) is -0.193. The number of benzene rings is 1. The van der Waals surface area contributed by atoms with E-state index in [2.05, 4.69) is 5.32 Å². The maximum Gasteiger partial charge on any atom is 0.123 e. The van der Waals surface area contributed by atoms with Gasteiger partial charge in [0, 0.05) is 12.1 Å². The average molecular weight is 196 g/mol. The van der Waals surface area contributed by atoms with E-state index in [1.54, 1.807) is 12.1 Å². The fraction of sp³-hybridized carbons (Fsp3) is 0.455. The molecule has 2 atom stereocenters. The van der Waals surface area contributed by atoms with Crippen molar-refractivity contribution in [3.05, 3.63) is 35.6 Å². The van der Waals surface area contributed by atoms with Crippen LogP contribution in [0.15, 0.2) is 24.3 Å². The predicted octanol–water partition coefficient (Wildman–Crippen LogP) is 1.30. The fourth-order valence-electron chi connectivity index (χ4n) is 1.47. The van der Waals surface area contributed by atoms with Crippen LogP contribution in [-0.2, 0) is 6.42 Å². The highest BCUT2D eigenvalue weighted by molar-refractivity contribution is 5.17. The maximum absolute atomic E-state index is 12.9. The van der Waals surface area contributed by atoms with Crippen LogP contribution in [0.4, 0.5) is 4.39 Å². The summed E-state index contributed by atoms with van der Waals surface area (Å²) < 4.78 is 12.9. The van der Waals surface area contributed by atoms with Crippen LogP contribution in [0.1, 0.15) is 12.5 Å². The lowest BCUT2D eigenvalue weighted by molar-refractivity contribution is 0.479. The summed E-state index contributed by atoms with van der Waals surface area (Å²) in [4.78, 5) is 0. The Balaban J connectivity index is 2.67. The van der Waals surface area contributed by atoms with Crippen molar-refractivity contribution in [2.45, 2.75) is 25.4 Å². The SMILES string of the molecule is CNC(Cc1cccc(F)c1)C(C)N. The Hall–Kier alpha value is -0.930. The minimum atomic E-state index is -0.193. The molecule has 0 saturated heterocycles. The van der Waals surface area contributed by atoms with Gasteiger partial charge in [0.25, 0.3) is 0 Å². The predicted molar refractivity (Wildman–Crippen MR) is 56.6 cm³/mol. The first-order valence-electron chi connectivity index (χ1n) is 4.80. The molecule has 0 saturated carbocycles. The molecule has 0 aromatic heterocycles. The summed E-state index contributed by atoms with van der Waals surface area (Å²) in [6.45, 7) is 1.94. The molecule has 0 spiro atoms. The minimum absolute atomic E-state index is 0.0586. The lowest BCUT2D eigenvalue weighted by Crippen LogP contribution is -2.42. The molecule has 1 aromatic rings. The van der Waals surface area contributed by atoms with Crippen molar-refractivity contribution in [1.82, 2.24) is 5.32 Å². The van der Waals surface area contributed by atoms with E-state index in [9.17, 15) is 4.39 Å². The molecule has 1 rings (SSSR count). The summed E-state index contributed by atoms with van der Waals surface area (Å²) in [7, 11) is 1.87. The van der Waals surface area contributed by atoms with Gasteiger partial charge in [0.15, 0.2) is 0 Å². The first-order valence-corrected chi connectivity index (χ1v) is 4.80. The van der Waals surface area contributed by atoms with Crippen LogP contribution in [0.25, 0.3) is 0 Å². The second kappa shape index (κ2) is 5.08. The van der Waals surface area contributed by atoms with Gasteiger partial charge in [-0.2, -0.15) is 0 Å². The maximum atomic E-state index is 12.9. The molecule has 14 heavy (non-hydrogen) atoms. The monoisotopic (exact) mass is 196 g/mol. The quantitative estimate of drug-likeness (QED) is 0.762. The number of halogens is 1. The second-order valence-corrected chi connectivity index (χ2v) is 3.59. The molecule has 0 bridgehead atoms. The van der Waals surface area contributed by atoms with E-state index in [4.69, 9.17) is 5.73 Å². The average Bonchev–Trinajstić information content (AvgIpc) is 2.14. The van der Waals surface area contributed by atoms with Crippen LogP contribution in [0.5, 0.6) is 0 Å². The Labute approximate surface area is 84.3 Å². The van der Waals surface area contributed by atoms with Crippen molar-refractivity contribution in [3.63, 3.8) is 0 Å². The van der Waals surface area contributed by atoms with Gasteiger partial charge in [-0.25, -0.2) is 4.39 Å². The molecular formula is C11H17FN2. The van der Waals surface area contributed by atoms with Crippen molar-refractivity contribution in [2.24, 2.45) is 5.73 Å².